The second-order valence-corrected chi connectivity index (χ2v) is 5.75. The van der Waals surface area contributed by atoms with Crippen LogP contribution in [0.1, 0.15) is 20.3 Å². The molecule has 0 aliphatic carbocycles. The van der Waals surface area contributed by atoms with Gasteiger partial charge >= 0.3 is 6.03 Å². The van der Waals surface area contributed by atoms with Crippen LogP contribution in [0.3, 0.4) is 0 Å². The first-order valence-electron chi connectivity index (χ1n) is 7.11. The largest absolute Gasteiger partial charge is 0.355 e. The minimum Gasteiger partial charge on any atom is -0.355 e. The first-order valence-corrected chi connectivity index (χ1v) is 7.11. The van der Waals surface area contributed by atoms with E-state index in [9.17, 15) is 9.59 Å². The lowest BCUT2D eigenvalue weighted by Crippen LogP contribution is -2.50. The molecule has 19 heavy (non-hydrogen) atoms. The summed E-state index contributed by atoms with van der Waals surface area (Å²) >= 11 is 0. The number of piperazine rings is 1. The van der Waals surface area contributed by atoms with Crippen LogP contribution < -0.4 is 10.6 Å². The number of rotatable bonds is 5. The molecule has 2 heterocycles. The van der Waals surface area contributed by atoms with Crippen molar-refractivity contribution in [1.29, 1.82) is 0 Å². The van der Waals surface area contributed by atoms with E-state index < -0.39 is 0 Å². The van der Waals surface area contributed by atoms with Crippen molar-refractivity contribution in [3.63, 3.8) is 0 Å². The molecule has 0 spiro atoms. The highest BCUT2D eigenvalue weighted by Crippen LogP contribution is 2.16. The normalized spacial score (nSPS) is 22.9. The fourth-order valence-electron chi connectivity index (χ4n) is 2.55. The smallest absolute Gasteiger partial charge is 0.320 e. The molecule has 2 rings (SSSR count). The van der Waals surface area contributed by atoms with Crippen LogP contribution in [0.5, 0.6) is 0 Å². The average molecular weight is 268 g/mol. The highest BCUT2D eigenvalue weighted by atomic mass is 16.2. The maximum absolute atomic E-state index is 12.1. The van der Waals surface area contributed by atoms with Gasteiger partial charge < -0.3 is 20.4 Å². The van der Waals surface area contributed by atoms with Crippen LogP contribution in [0.4, 0.5) is 4.79 Å². The number of nitrogens with one attached hydrogen (secondary N) is 2. The lowest BCUT2D eigenvalue weighted by molar-refractivity contribution is -0.121. The van der Waals surface area contributed by atoms with E-state index in [1.165, 1.54) is 0 Å². The van der Waals surface area contributed by atoms with Crippen molar-refractivity contribution in [2.24, 2.45) is 5.92 Å². The van der Waals surface area contributed by atoms with Crippen molar-refractivity contribution in [3.8, 4) is 0 Å². The molecule has 0 radical (unpaired) electrons. The molecule has 1 atom stereocenters. The molecule has 6 nitrogen and oxygen atoms in total. The molecule has 1 unspecified atom stereocenters. The van der Waals surface area contributed by atoms with Crippen LogP contribution >= 0.6 is 0 Å². The van der Waals surface area contributed by atoms with Gasteiger partial charge in [-0.3, -0.25) is 4.79 Å². The number of carbonyl (C=O) groups excluding carboxylic acids is 2. The number of urea groups is 1. The van der Waals surface area contributed by atoms with Crippen molar-refractivity contribution in [3.05, 3.63) is 0 Å². The van der Waals surface area contributed by atoms with Gasteiger partial charge in [-0.25, -0.2) is 4.79 Å². The van der Waals surface area contributed by atoms with Crippen LogP contribution in [-0.4, -0.2) is 67.0 Å². The predicted octanol–water partition coefficient (Wildman–Crippen LogP) is -0.142. The summed E-state index contributed by atoms with van der Waals surface area (Å²) < 4.78 is 0. The van der Waals surface area contributed by atoms with Crippen LogP contribution in [0.25, 0.3) is 0 Å². The van der Waals surface area contributed by atoms with Gasteiger partial charge in [0.05, 0.1) is 6.04 Å². The quantitative estimate of drug-likeness (QED) is 0.729. The molecule has 108 valence electrons. The Labute approximate surface area is 114 Å². The summed E-state index contributed by atoms with van der Waals surface area (Å²) in [5, 5.41) is 6.15. The van der Waals surface area contributed by atoms with Gasteiger partial charge in [-0.2, -0.15) is 0 Å². The van der Waals surface area contributed by atoms with Crippen molar-refractivity contribution in [2.75, 3.05) is 39.3 Å². The summed E-state index contributed by atoms with van der Waals surface area (Å²) in [5.74, 6) is 0.524. The third-order valence-electron chi connectivity index (χ3n) is 3.68. The molecular weight excluding hydrogens is 244 g/mol. The number of fused-ring (bicyclic) bond motifs is 1. The monoisotopic (exact) mass is 268 g/mol. The van der Waals surface area contributed by atoms with Crippen LogP contribution in [0.15, 0.2) is 0 Å². The summed E-state index contributed by atoms with van der Waals surface area (Å²) in [6, 6.07) is 0.232. The van der Waals surface area contributed by atoms with E-state index in [1.54, 1.807) is 4.90 Å². The van der Waals surface area contributed by atoms with Crippen LogP contribution in [-0.2, 0) is 4.79 Å². The Morgan fingerprint density at radius 3 is 3.00 bits per heavy atom. The van der Waals surface area contributed by atoms with E-state index in [0.29, 0.717) is 19.0 Å². The Bertz CT molecular complexity index is 346. The van der Waals surface area contributed by atoms with Gasteiger partial charge in [-0.05, 0) is 12.3 Å². The molecule has 2 fully saturated rings. The van der Waals surface area contributed by atoms with E-state index >= 15 is 0 Å². The molecule has 2 aliphatic heterocycles. The third kappa shape index (κ3) is 3.59. The second-order valence-electron chi connectivity index (χ2n) is 5.75. The lowest BCUT2D eigenvalue weighted by atomic mass is 10.1. The number of hydrogen-bond acceptors (Lipinski definition) is 3. The molecule has 2 N–H and O–H groups in total. The number of nitrogens with zero attached hydrogens (tertiary/aromatic N) is 2. The van der Waals surface area contributed by atoms with Crippen molar-refractivity contribution < 1.29 is 9.59 Å². The predicted molar refractivity (Wildman–Crippen MR) is 72.8 cm³/mol. The Morgan fingerprint density at radius 1 is 1.53 bits per heavy atom. The molecule has 0 bridgehead atoms. The maximum Gasteiger partial charge on any atom is 0.320 e. The molecule has 3 amide bonds. The van der Waals surface area contributed by atoms with Gasteiger partial charge in [0.15, 0.2) is 0 Å². The minimum absolute atomic E-state index is 0.00510. The first-order chi connectivity index (χ1) is 9.08. The summed E-state index contributed by atoms with van der Waals surface area (Å²) in [7, 11) is 0. The SMILES string of the molecule is CC(C)CCNC(=O)CN1CC2CNCCN2C1=O. The van der Waals surface area contributed by atoms with E-state index in [0.717, 1.165) is 26.1 Å². The van der Waals surface area contributed by atoms with E-state index in [2.05, 4.69) is 24.5 Å². The highest BCUT2D eigenvalue weighted by molar-refractivity contribution is 5.85. The maximum atomic E-state index is 12.1. The fourth-order valence-corrected chi connectivity index (χ4v) is 2.55. The molecule has 2 aliphatic rings. The summed E-state index contributed by atoms with van der Waals surface area (Å²) in [6.45, 7) is 8.20. The summed E-state index contributed by atoms with van der Waals surface area (Å²) in [5.41, 5.74) is 0. The Morgan fingerprint density at radius 2 is 2.32 bits per heavy atom. The zero-order valence-corrected chi connectivity index (χ0v) is 11.8. The Kier molecular flexibility index (Phi) is 4.63. The van der Waals surface area contributed by atoms with Crippen molar-refractivity contribution >= 4 is 11.9 Å². The van der Waals surface area contributed by atoms with Crippen molar-refractivity contribution in [1.82, 2.24) is 20.4 Å². The first kappa shape index (κ1) is 14.1. The topological polar surface area (TPSA) is 64.7 Å². The third-order valence-corrected chi connectivity index (χ3v) is 3.68. The van der Waals surface area contributed by atoms with Crippen molar-refractivity contribution in [2.45, 2.75) is 26.3 Å². The molecule has 0 saturated carbocycles. The zero-order valence-electron chi connectivity index (χ0n) is 11.8. The van der Waals surface area contributed by atoms with Gasteiger partial charge in [-0.1, -0.05) is 13.8 Å². The van der Waals surface area contributed by atoms with Gasteiger partial charge in [0.1, 0.15) is 6.54 Å². The standard InChI is InChI=1S/C13H24N4O2/c1-10(2)3-4-15-12(18)9-16-8-11-7-14-5-6-17(11)13(16)19/h10-11,14H,3-9H2,1-2H3,(H,15,18). The number of amides is 3. The molecule has 2 saturated heterocycles. The fraction of sp³-hybridized carbons (Fsp3) is 0.846. The summed E-state index contributed by atoms with van der Waals surface area (Å²) in [4.78, 5) is 27.4. The second kappa shape index (κ2) is 6.23. The van der Waals surface area contributed by atoms with E-state index in [4.69, 9.17) is 0 Å². The van der Waals surface area contributed by atoms with Gasteiger partial charge in [-0.15, -0.1) is 0 Å². The summed E-state index contributed by atoms with van der Waals surface area (Å²) in [6.07, 6.45) is 0.971. The van der Waals surface area contributed by atoms with E-state index in [-0.39, 0.29) is 24.5 Å². The van der Waals surface area contributed by atoms with E-state index in [1.807, 2.05) is 4.90 Å². The molecule has 6 heteroatoms. The Balaban J connectivity index is 1.76. The number of hydrogen-bond donors (Lipinski definition) is 2. The van der Waals surface area contributed by atoms with Gasteiger partial charge in [0.25, 0.3) is 0 Å². The highest BCUT2D eigenvalue weighted by Gasteiger charge is 2.38. The Hall–Kier alpha value is -1.30. The molecular formula is C13H24N4O2. The lowest BCUT2D eigenvalue weighted by Gasteiger charge is -2.28. The zero-order chi connectivity index (χ0) is 13.8. The molecule has 0 aromatic carbocycles. The van der Waals surface area contributed by atoms with Gasteiger partial charge in [0, 0.05) is 32.7 Å². The van der Waals surface area contributed by atoms with Crippen LogP contribution in [0, 0.1) is 5.92 Å². The molecule has 0 aromatic rings. The van der Waals surface area contributed by atoms with Crippen LogP contribution in [0.2, 0.25) is 0 Å². The van der Waals surface area contributed by atoms with Gasteiger partial charge in [0.2, 0.25) is 5.91 Å². The number of carbonyl (C=O) groups is 2. The molecule has 0 aromatic heterocycles. The average Bonchev–Trinajstić information content (AvgIpc) is 2.66. The minimum atomic E-state index is -0.0539.